The fraction of sp³-hybridized carbons (Fsp3) is 0.462. The molecule has 0 radical (unpaired) electrons. The Bertz CT molecular complexity index is 448. The third-order valence-corrected chi connectivity index (χ3v) is 3.71. The highest BCUT2D eigenvalue weighted by Crippen LogP contribution is 2.26. The van der Waals surface area contributed by atoms with Crippen molar-refractivity contribution >= 4 is 29.1 Å². The van der Waals surface area contributed by atoms with Crippen LogP contribution in [-0.4, -0.2) is 31.6 Å². The Balaban J connectivity index is 1.71. The average Bonchev–Trinajstić information content (AvgIpc) is 2.91. The molecular weight excluding hydrogens is 287 g/mol. The van der Waals surface area contributed by atoms with Crippen molar-refractivity contribution in [2.75, 3.05) is 19.7 Å². The molecule has 6 heteroatoms. The third kappa shape index (κ3) is 4.56. The van der Waals surface area contributed by atoms with E-state index in [9.17, 15) is 4.79 Å². The Morgan fingerprint density at radius 1 is 1.42 bits per heavy atom. The van der Waals surface area contributed by atoms with E-state index in [-0.39, 0.29) is 12.5 Å². The summed E-state index contributed by atoms with van der Waals surface area (Å²) < 4.78 is 5.34. The standard InChI is InChI=1S/C13H16Cl2N2O2/c14-11-4-3-10(6-12(11)15)19-8-13(18)17-7-9-2-1-5-16-9/h3-4,6,9,16H,1-2,5,7-8H2,(H,17,18). The van der Waals surface area contributed by atoms with Crippen molar-refractivity contribution in [2.24, 2.45) is 0 Å². The number of benzene rings is 1. The summed E-state index contributed by atoms with van der Waals surface area (Å²) in [6.07, 6.45) is 2.27. The lowest BCUT2D eigenvalue weighted by molar-refractivity contribution is -0.123. The number of rotatable bonds is 5. The second-order valence-corrected chi connectivity index (χ2v) is 5.28. The van der Waals surface area contributed by atoms with Crippen molar-refractivity contribution in [1.82, 2.24) is 10.6 Å². The smallest absolute Gasteiger partial charge is 0.257 e. The molecule has 1 aromatic rings. The van der Waals surface area contributed by atoms with Crippen LogP contribution in [0.5, 0.6) is 5.75 Å². The fourth-order valence-electron chi connectivity index (χ4n) is 1.93. The molecule has 1 amide bonds. The van der Waals surface area contributed by atoms with Crippen molar-refractivity contribution in [2.45, 2.75) is 18.9 Å². The van der Waals surface area contributed by atoms with Crippen LogP contribution in [0.1, 0.15) is 12.8 Å². The van der Waals surface area contributed by atoms with Gasteiger partial charge in [-0.05, 0) is 31.5 Å². The zero-order valence-electron chi connectivity index (χ0n) is 10.4. The lowest BCUT2D eigenvalue weighted by atomic mass is 10.2. The van der Waals surface area contributed by atoms with Gasteiger partial charge in [0, 0.05) is 18.7 Å². The minimum atomic E-state index is -0.139. The highest BCUT2D eigenvalue weighted by molar-refractivity contribution is 6.42. The zero-order chi connectivity index (χ0) is 13.7. The number of halogens is 2. The average molecular weight is 303 g/mol. The lowest BCUT2D eigenvalue weighted by Gasteiger charge is -2.12. The maximum Gasteiger partial charge on any atom is 0.257 e. The summed E-state index contributed by atoms with van der Waals surface area (Å²) in [5, 5.41) is 7.02. The topological polar surface area (TPSA) is 50.4 Å². The molecule has 0 aliphatic carbocycles. The number of hydrogen-bond donors (Lipinski definition) is 2. The second kappa shape index (κ2) is 6.98. The molecule has 1 aliphatic rings. The van der Waals surface area contributed by atoms with Crippen molar-refractivity contribution < 1.29 is 9.53 Å². The van der Waals surface area contributed by atoms with E-state index in [1.807, 2.05) is 0 Å². The maximum absolute atomic E-state index is 11.6. The molecule has 2 rings (SSSR count). The van der Waals surface area contributed by atoms with Gasteiger partial charge in [-0.15, -0.1) is 0 Å². The molecule has 0 spiro atoms. The Hall–Kier alpha value is -0.970. The van der Waals surface area contributed by atoms with Crippen LogP contribution in [0.25, 0.3) is 0 Å². The molecule has 0 bridgehead atoms. The van der Waals surface area contributed by atoms with Gasteiger partial charge in [-0.3, -0.25) is 4.79 Å². The van der Waals surface area contributed by atoms with Crippen LogP contribution in [0, 0.1) is 0 Å². The number of carbonyl (C=O) groups excluding carboxylic acids is 1. The van der Waals surface area contributed by atoms with Crippen LogP contribution in [0.4, 0.5) is 0 Å². The van der Waals surface area contributed by atoms with Gasteiger partial charge >= 0.3 is 0 Å². The summed E-state index contributed by atoms with van der Waals surface area (Å²) in [4.78, 5) is 11.6. The molecule has 1 heterocycles. The Morgan fingerprint density at radius 2 is 2.26 bits per heavy atom. The van der Waals surface area contributed by atoms with Gasteiger partial charge in [0.15, 0.2) is 6.61 Å². The first kappa shape index (κ1) is 14.4. The summed E-state index contributed by atoms with van der Waals surface area (Å²) in [5.41, 5.74) is 0. The highest BCUT2D eigenvalue weighted by Gasteiger charge is 2.14. The van der Waals surface area contributed by atoms with Crippen molar-refractivity contribution in [3.05, 3.63) is 28.2 Å². The quantitative estimate of drug-likeness (QED) is 0.877. The number of amides is 1. The SMILES string of the molecule is O=C(COc1ccc(Cl)c(Cl)c1)NCC1CCCN1. The van der Waals surface area contributed by atoms with E-state index in [1.165, 1.54) is 6.42 Å². The predicted molar refractivity (Wildman–Crippen MR) is 76.0 cm³/mol. The molecule has 104 valence electrons. The molecule has 0 saturated carbocycles. The van der Waals surface area contributed by atoms with E-state index in [0.717, 1.165) is 13.0 Å². The summed E-state index contributed by atoms with van der Waals surface area (Å²) in [5.74, 6) is 0.392. The van der Waals surface area contributed by atoms with Crippen LogP contribution in [-0.2, 0) is 4.79 Å². The van der Waals surface area contributed by atoms with E-state index in [4.69, 9.17) is 27.9 Å². The molecule has 1 fully saturated rings. The minimum Gasteiger partial charge on any atom is -0.484 e. The van der Waals surface area contributed by atoms with Crippen LogP contribution in [0.3, 0.4) is 0 Å². The second-order valence-electron chi connectivity index (χ2n) is 4.46. The monoisotopic (exact) mass is 302 g/mol. The van der Waals surface area contributed by atoms with Gasteiger partial charge in [0.05, 0.1) is 10.0 Å². The van der Waals surface area contributed by atoms with Gasteiger partial charge in [-0.25, -0.2) is 0 Å². The molecule has 1 unspecified atom stereocenters. The molecule has 2 N–H and O–H groups in total. The van der Waals surface area contributed by atoms with Crippen molar-refractivity contribution in [3.63, 3.8) is 0 Å². The van der Waals surface area contributed by atoms with Crippen LogP contribution in [0.2, 0.25) is 10.0 Å². The maximum atomic E-state index is 11.6. The number of nitrogens with one attached hydrogen (secondary N) is 2. The zero-order valence-corrected chi connectivity index (χ0v) is 11.9. The van der Waals surface area contributed by atoms with E-state index < -0.39 is 0 Å². The van der Waals surface area contributed by atoms with E-state index in [1.54, 1.807) is 18.2 Å². The molecule has 19 heavy (non-hydrogen) atoms. The lowest BCUT2D eigenvalue weighted by Crippen LogP contribution is -2.39. The van der Waals surface area contributed by atoms with E-state index in [0.29, 0.717) is 28.4 Å². The molecule has 1 atom stereocenters. The Kier molecular flexibility index (Phi) is 5.31. The van der Waals surface area contributed by atoms with Gasteiger partial charge in [-0.2, -0.15) is 0 Å². The predicted octanol–water partition coefficient (Wildman–Crippen LogP) is 2.24. The molecule has 1 aliphatic heterocycles. The first-order valence-electron chi connectivity index (χ1n) is 6.23. The van der Waals surface area contributed by atoms with Crippen LogP contribution in [0.15, 0.2) is 18.2 Å². The number of ether oxygens (including phenoxy) is 1. The minimum absolute atomic E-state index is 0.0231. The normalized spacial score (nSPS) is 18.3. The van der Waals surface area contributed by atoms with Crippen LogP contribution >= 0.6 is 23.2 Å². The van der Waals surface area contributed by atoms with E-state index in [2.05, 4.69) is 10.6 Å². The van der Waals surface area contributed by atoms with Crippen molar-refractivity contribution in [3.8, 4) is 5.75 Å². The Labute approximate surface area is 122 Å². The molecule has 0 aromatic heterocycles. The number of carbonyl (C=O) groups is 1. The summed E-state index contributed by atoms with van der Waals surface area (Å²) >= 11 is 11.6. The molecule has 1 saturated heterocycles. The van der Waals surface area contributed by atoms with E-state index >= 15 is 0 Å². The first-order chi connectivity index (χ1) is 9.15. The third-order valence-electron chi connectivity index (χ3n) is 2.97. The fourth-order valence-corrected chi connectivity index (χ4v) is 2.22. The first-order valence-corrected chi connectivity index (χ1v) is 6.98. The van der Waals surface area contributed by atoms with Gasteiger partial charge in [0.25, 0.3) is 5.91 Å². The van der Waals surface area contributed by atoms with Gasteiger partial charge in [-0.1, -0.05) is 23.2 Å². The van der Waals surface area contributed by atoms with Crippen molar-refractivity contribution in [1.29, 1.82) is 0 Å². The van der Waals surface area contributed by atoms with Crippen LogP contribution < -0.4 is 15.4 Å². The van der Waals surface area contributed by atoms with Gasteiger partial charge in [0.1, 0.15) is 5.75 Å². The molecule has 1 aromatic carbocycles. The summed E-state index contributed by atoms with van der Waals surface area (Å²) in [6, 6.07) is 5.30. The van der Waals surface area contributed by atoms with Gasteiger partial charge in [0.2, 0.25) is 0 Å². The van der Waals surface area contributed by atoms with Gasteiger partial charge < -0.3 is 15.4 Å². The molecule has 4 nitrogen and oxygen atoms in total. The summed E-state index contributed by atoms with van der Waals surface area (Å²) in [6.45, 7) is 1.65. The number of hydrogen-bond acceptors (Lipinski definition) is 3. The Morgan fingerprint density at radius 3 is 2.95 bits per heavy atom. The highest BCUT2D eigenvalue weighted by atomic mass is 35.5. The molecular formula is C13H16Cl2N2O2. The summed E-state index contributed by atoms with van der Waals surface area (Å²) in [7, 11) is 0. The largest absolute Gasteiger partial charge is 0.484 e.